The lowest BCUT2D eigenvalue weighted by Gasteiger charge is -2.33. The molecule has 10 heteroatoms. The van der Waals surface area contributed by atoms with Crippen molar-refractivity contribution in [3.05, 3.63) is 55.0 Å². The minimum Gasteiger partial charge on any atom is -0.486 e. The molecule has 2 atom stereocenters. The SMILES string of the molecule is Cn1cc(-c2ncnc3cc(OC4CC4)c(O[C@@H]4CCN(C(=O)O)C[C@H]4F)cc23)c(-c2ccccc2)n1. The first-order valence-corrected chi connectivity index (χ1v) is 12.3. The monoisotopic (exact) mass is 503 g/mol. The molecule has 0 radical (unpaired) electrons. The molecule has 0 bridgehead atoms. The maximum atomic E-state index is 14.9. The van der Waals surface area contributed by atoms with Crippen LogP contribution in [0.25, 0.3) is 33.4 Å². The van der Waals surface area contributed by atoms with Crippen LogP contribution in [0, 0.1) is 0 Å². The highest BCUT2D eigenvalue weighted by molar-refractivity contribution is 5.97. The number of rotatable bonds is 6. The molecule has 1 saturated heterocycles. The number of alkyl halides is 1. The van der Waals surface area contributed by atoms with Crippen LogP contribution in [-0.4, -0.2) is 67.3 Å². The van der Waals surface area contributed by atoms with Crippen molar-refractivity contribution in [1.29, 1.82) is 0 Å². The van der Waals surface area contributed by atoms with E-state index in [0.717, 1.165) is 39.9 Å². The molecule has 1 aliphatic heterocycles. The topological polar surface area (TPSA) is 103 Å². The molecule has 190 valence electrons. The van der Waals surface area contributed by atoms with Crippen molar-refractivity contribution in [2.45, 2.75) is 37.6 Å². The van der Waals surface area contributed by atoms with E-state index in [1.165, 1.54) is 6.33 Å². The second kappa shape index (κ2) is 9.34. The average Bonchev–Trinajstić information content (AvgIpc) is 3.63. The highest BCUT2D eigenvalue weighted by Crippen LogP contribution is 2.41. The summed E-state index contributed by atoms with van der Waals surface area (Å²) in [6, 6.07) is 13.5. The van der Waals surface area contributed by atoms with Crippen molar-refractivity contribution in [3.63, 3.8) is 0 Å². The number of carboxylic acid groups (broad SMARTS) is 1. The van der Waals surface area contributed by atoms with Gasteiger partial charge in [-0.1, -0.05) is 30.3 Å². The summed E-state index contributed by atoms with van der Waals surface area (Å²) in [7, 11) is 1.86. The van der Waals surface area contributed by atoms with E-state index in [1.807, 2.05) is 49.6 Å². The molecular formula is C27H26FN5O4. The van der Waals surface area contributed by atoms with Crippen molar-refractivity contribution in [2.75, 3.05) is 13.1 Å². The van der Waals surface area contributed by atoms with Crippen molar-refractivity contribution in [3.8, 4) is 34.0 Å². The average molecular weight is 504 g/mol. The van der Waals surface area contributed by atoms with Gasteiger partial charge in [0.15, 0.2) is 17.7 Å². The number of nitrogens with zero attached hydrogens (tertiary/aromatic N) is 5. The number of carbonyl (C=O) groups is 1. The van der Waals surface area contributed by atoms with Crippen LogP contribution >= 0.6 is 0 Å². The Morgan fingerprint density at radius 2 is 1.84 bits per heavy atom. The third kappa shape index (κ3) is 4.66. The molecule has 1 aliphatic carbocycles. The molecule has 2 aromatic carbocycles. The lowest BCUT2D eigenvalue weighted by Crippen LogP contribution is -2.48. The first kappa shape index (κ1) is 23.2. The molecule has 2 fully saturated rings. The third-order valence-electron chi connectivity index (χ3n) is 6.68. The zero-order valence-corrected chi connectivity index (χ0v) is 20.2. The summed E-state index contributed by atoms with van der Waals surface area (Å²) in [5.41, 5.74) is 3.93. The molecule has 0 unspecified atom stereocenters. The standard InChI is InChI=1S/C27H26FN5O4/c1-32-13-19(25(31-32)16-5-3-2-4-6-16)26-18-11-23(37-22-9-10-33(27(34)35)14-20(22)28)24(36-17-7-8-17)12-21(18)29-15-30-26/h2-6,11-13,15,17,20,22H,7-10,14H2,1H3,(H,34,35)/t20-,22-/m1/s1. The highest BCUT2D eigenvalue weighted by atomic mass is 19.1. The maximum absolute atomic E-state index is 14.9. The fraction of sp³-hybridized carbons (Fsp3) is 0.333. The van der Waals surface area contributed by atoms with Crippen LogP contribution in [-0.2, 0) is 7.05 Å². The minimum atomic E-state index is -1.45. The van der Waals surface area contributed by atoms with E-state index in [9.17, 15) is 14.3 Å². The quantitative estimate of drug-likeness (QED) is 0.407. The number of ether oxygens (including phenoxy) is 2. The first-order valence-electron chi connectivity index (χ1n) is 12.3. The van der Waals surface area contributed by atoms with Gasteiger partial charge in [-0.2, -0.15) is 5.10 Å². The van der Waals surface area contributed by atoms with Gasteiger partial charge >= 0.3 is 6.09 Å². The molecule has 9 nitrogen and oxygen atoms in total. The second-order valence-corrected chi connectivity index (χ2v) is 9.48. The molecule has 0 spiro atoms. The molecule has 1 N–H and O–H groups in total. The molecule has 3 heterocycles. The van der Waals surface area contributed by atoms with Gasteiger partial charge in [0.1, 0.15) is 18.1 Å². The fourth-order valence-corrected chi connectivity index (χ4v) is 4.65. The van der Waals surface area contributed by atoms with Gasteiger partial charge in [0.2, 0.25) is 0 Å². The van der Waals surface area contributed by atoms with Crippen molar-refractivity contribution in [1.82, 2.24) is 24.6 Å². The molecule has 6 rings (SSSR count). The second-order valence-electron chi connectivity index (χ2n) is 9.48. The Bertz CT molecular complexity index is 1460. The number of benzene rings is 2. The van der Waals surface area contributed by atoms with E-state index in [-0.39, 0.29) is 25.6 Å². The molecule has 1 saturated carbocycles. The van der Waals surface area contributed by atoms with Gasteiger partial charge in [0, 0.05) is 48.8 Å². The van der Waals surface area contributed by atoms with Crippen molar-refractivity contribution >= 4 is 17.0 Å². The van der Waals surface area contributed by atoms with E-state index in [4.69, 9.17) is 9.47 Å². The molecule has 37 heavy (non-hydrogen) atoms. The number of likely N-dealkylation sites (tertiary alicyclic amines) is 1. The van der Waals surface area contributed by atoms with Crippen LogP contribution in [0.3, 0.4) is 0 Å². The maximum Gasteiger partial charge on any atom is 0.407 e. The van der Waals surface area contributed by atoms with Gasteiger partial charge in [-0.25, -0.2) is 19.2 Å². The van der Waals surface area contributed by atoms with E-state index in [0.29, 0.717) is 22.7 Å². The normalized spacial score (nSPS) is 19.7. The van der Waals surface area contributed by atoms with E-state index in [1.54, 1.807) is 10.7 Å². The predicted molar refractivity (Wildman–Crippen MR) is 134 cm³/mol. The van der Waals surface area contributed by atoms with Crippen LogP contribution in [0.1, 0.15) is 19.3 Å². The number of aryl methyl sites for hydroxylation is 1. The number of amides is 1. The highest BCUT2D eigenvalue weighted by Gasteiger charge is 2.34. The summed E-state index contributed by atoms with van der Waals surface area (Å²) in [6.07, 6.45) is 2.30. The van der Waals surface area contributed by atoms with Gasteiger partial charge in [-0.3, -0.25) is 4.68 Å². The number of aromatic nitrogens is 4. The smallest absolute Gasteiger partial charge is 0.407 e. The molecule has 1 amide bonds. The first-order chi connectivity index (χ1) is 18.0. The van der Waals surface area contributed by atoms with E-state index < -0.39 is 18.4 Å². The van der Waals surface area contributed by atoms with Crippen LogP contribution in [0.2, 0.25) is 0 Å². The fourth-order valence-electron chi connectivity index (χ4n) is 4.65. The lowest BCUT2D eigenvalue weighted by molar-refractivity contribution is 0.0233. The summed E-state index contributed by atoms with van der Waals surface area (Å²) in [5.74, 6) is 0.902. The largest absolute Gasteiger partial charge is 0.486 e. The molecule has 4 aromatic rings. The Kier molecular flexibility index (Phi) is 5.86. The van der Waals surface area contributed by atoms with Gasteiger partial charge in [-0.05, 0) is 18.9 Å². The van der Waals surface area contributed by atoms with Gasteiger partial charge in [-0.15, -0.1) is 0 Å². The van der Waals surface area contributed by atoms with Crippen molar-refractivity contribution in [2.24, 2.45) is 7.05 Å². The Morgan fingerprint density at radius 1 is 1.05 bits per heavy atom. The Morgan fingerprint density at radius 3 is 2.57 bits per heavy atom. The van der Waals surface area contributed by atoms with Gasteiger partial charge < -0.3 is 19.5 Å². The van der Waals surface area contributed by atoms with Crippen LogP contribution in [0.15, 0.2) is 55.0 Å². The zero-order chi connectivity index (χ0) is 25.5. The number of fused-ring (bicyclic) bond motifs is 1. The summed E-state index contributed by atoms with van der Waals surface area (Å²) in [4.78, 5) is 21.4. The van der Waals surface area contributed by atoms with Gasteiger partial charge in [0.05, 0.1) is 23.9 Å². The molecule has 2 aliphatic rings. The van der Waals surface area contributed by atoms with Crippen LogP contribution in [0.5, 0.6) is 11.5 Å². The molecule has 2 aromatic heterocycles. The summed E-state index contributed by atoms with van der Waals surface area (Å²) >= 11 is 0. The van der Waals surface area contributed by atoms with Crippen LogP contribution in [0.4, 0.5) is 9.18 Å². The van der Waals surface area contributed by atoms with E-state index in [2.05, 4.69) is 15.1 Å². The predicted octanol–water partition coefficient (Wildman–Crippen LogP) is 4.71. The molecular weight excluding hydrogens is 477 g/mol. The van der Waals surface area contributed by atoms with Crippen LogP contribution < -0.4 is 9.47 Å². The van der Waals surface area contributed by atoms with E-state index >= 15 is 0 Å². The number of halogens is 1. The minimum absolute atomic E-state index is 0.0964. The Labute approximate surface area is 212 Å². The number of hydrogen-bond donors (Lipinski definition) is 1. The summed E-state index contributed by atoms with van der Waals surface area (Å²) < 4.78 is 29.0. The summed E-state index contributed by atoms with van der Waals surface area (Å²) in [5, 5.41) is 14.6. The Hall–Kier alpha value is -4.21. The third-order valence-corrected chi connectivity index (χ3v) is 6.68. The lowest BCUT2D eigenvalue weighted by atomic mass is 10.0. The number of piperidine rings is 1. The summed E-state index contributed by atoms with van der Waals surface area (Å²) in [6.45, 7) is -0.0197. The zero-order valence-electron chi connectivity index (χ0n) is 20.2. The van der Waals surface area contributed by atoms with Crippen molar-refractivity contribution < 1.29 is 23.8 Å². The van der Waals surface area contributed by atoms with Gasteiger partial charge in [0.25, 0.3) is 0 Å². The number of hydrogen-bond acceptors (Lipinski definition) is 6. The Balaban J connectivity index is 1.42.